The van der Waals surface area contributed by atoms with E-state index in [1.165, 1.54) is 12.0 Å². The van der Waals surface area contributed by atoms with Crippen LogP contribution in [0.15, 0.2) is 18.2 Å². The van der Waals surface area contributed by atoms with Crippen molar-refractivity contribution < 1.29 is 8.92 Å². The first kappa shape index (κ1) is 15.8. The molecular weight excluding hydrogens is 236 g/mol. The summed E-state index contributed by atoms with van der Waals surface area (Å²) in [5, 5.41) is 7.31. The maximum atomic E-state index is 7.31. The lowest BCUT2D eigenvalue weighted by atomic mass is 10.1. The first-order valence-electron chi connectivity index (χ1n) is 5.36. The minimum absolute atomic E-state index is 0.0410. The van der Waals surface area contributed by atoms with Crippen LogP contribution in [0.25, 0.3) is 0 Å². The first-order valence-corrected chi connectivity index (χ1v) is 6.27. The number of hydrogen-bond donors (Lipinski definition) is 2. The van der Waals surface area contributed by atoms with Crippen LogP contribution in [-0.2, 0) is 9.94 Å². The van der Waals surface area contributed by atoms with Gasteiger partial charge >= 0.3 is 0 Å². The summed E-state index contributed by atoms with van der Waals surface area (Å²) in [5.41, 5.74) is 7.07. The summed E-state index contributed by atoms with van der Waals surface area (Å²) in [7, 11) is 3.22. The van der Waals surface area contributed by atoms with E-state index in [9.17, 15) is 0 Å². The fourth-order valence-corrected chi connectivity index (χ4v) is 1.64. The van der Waals surface area contributed by atoms with Gasteiger partial charge in [0, 0.05) is 16.9 Å². The van der Waals surface area contributed by atoms with Crippen molar-refractivity contribution in [3.8, 4) is 5.75 Å². The minimum atomic E-state index is 0.0410. The number of methoxy groups -OCH3 is 1. The Hall–Kier alpha value is -1.20. The zero-order valence-electron chi connectivity index (χ0n) is 10.7. The van der Waals surface area contributed by atoms with E-state index in [0.717, 1.165) is 11.3 Å². The molecule has 3 N–H and O–H groups in total. The Bertz CT molecular complexity index is 356. The molecule has 5 heteroatoms. The molecule has 4 nitrogen and oxygen atoms in total. The van der Waals surface area contributed by atoms with E-state index in [0.29, 0.717) is 11.3 Å². The van der Waals surface area contributed by atoms with Crippen LogP contribution >= 0.6 is 12.0 Å². The van der Waals surface area contributed by atoms with Gasteiger partial charge in [-0.05, 0) is 18.1 Å². The average molecular weight is 256 g/mol. The molecule has 1 aromatic rings. The number of nitrogens with two attached hydrogens (primary N) is 1. The smallest absolute Gasteiger partial charge is 0.123 e. The Kier molecular flexibility index (Phi) is 8.27. The molecule has 0 fully saturated rings. The molecule has 0 heterocycles. The third-order valence-electron chi connectivity index (χ3n) is 1.93. The van der Waals surface area contributed by atoms with E-state index in [4.69, 9.17) is 20.1 Å². The number of amidine groups is 1. The van der Waals surface area contributed by atoms with Gasteiger partial charge < -0.3 is 14.7 Å². The summed E-state index contributed by atoms with van der Waals surface area (Å²) in [5.74, 6) is 1.48. The van der Waals surface area contributed by atoms with Gasteiger partial charge in [0.25, 0.3) is 0 Å². The maximum Gasteiger partial charge on any atom is 0.123 e. The molecule has 96 valence electrons. The lowest BCUT2D eigenvalue weighted by molar-refractivity contribution is 0.410. The molecular formula is C12H20N2O2S. The van der Waals surface area contributed by atoms with E-state index in [1.807, 2.05) is 19.9 Å². The Labute approximate surface area is 107 Å². The third-order valence-corrected chi connectivity index (χ3v) is 2.59. The van der Waals surface area contributed by atoms with Gasteiger partial charge in [-0.25, -0.2) is 0 Å². The summed E-state index contributed by atoms with van der Waals surface area (Å²) in [6.07, 6.45) is 0. The van der Waals surface area contributed by atoms with Crippen molar-refractivity contribution in [1.82, 2.24) is 0 Å². The van der Waals surface area contributed by atoms with Crippen molar-refractivity contribution in [2.24, 2.45) is 5.73 Å². The van der Waals surface area contributed by atoms with Crippen LogP contribution in [-0.4, -0.2) is 20.1 Å². The van der Waals surface area contributed by atoms with Crippen molar-refractivity contribution in [3.63, 3.8) is 0 Å². The monoisotopic (exact) mass is 256 g/mol. The van der Waals surface area contributed by atoms with Crippen LogP contribution in [0, 0.1) is 5.41 Å². The van der Waals surface area contributed by atoms with Crippen LogP contribution in [0.1, 0.15) is 25.0 Å². The van der Waals surface area contributed by atoms with Crippen LogP contribution in [0.4, 0.5) is 0 Å². The normalized spacial score (nSPS) is 9.18. The Morgan fingerprint density at radius 3 is 2.47 bits per heavy atom. The van der Waals surface area contributed by atoms with E-state index in [2.05, 4.69) is 0 Å². The van der Waals surface area contributed by atoms with E-state index < -0.39 is 0 Å². The van der Waals surface area contributed by atoms with Crippen LogP contribution < -0.4 is 10.5 Å². The SMILES string of the molecule is CC.COSCc1ccc(C(=N)N)cc1OC. The van der Waals surface area contributed by atoms with Gasteiger partial charge in [-0.1, -0.05) is 26.0 Å². The van der Waals surface area contributed by atoms with Gasteiger partial charge in [0.2, 0.25) is 0 Å². The molecule has 0 amide bonds. The highest BCUT2D eigenvalue weighted by Gasteiger charge is 2.06. The molecule has 0 radical (unpaired) electrons. The highest BCUT2D eigenvalue weighted by atomic mass is 32.2. The van der Waals surface area contributed by atoms with E-state index in [1.54, 1.807) is 26.4 Å². The predicted octanol–water partition coefficient (Wildman–Crippen LogP) is 2.80. The number of hydrogen-bond acceptors (Lipinski definition) is 4. The zero-order valence-corrected chi connectivity index (χ0v) is 11.6. The van der Waals surface area contributed by atoms with Crippen LogP contribution in [0.3, 0.4) is 0 Å². The largest absolute Gasteiger partial charge is 0.496 e. The van der Waals surface area contributed by atoms with Crippen molar-refractivity contribution in [2.75, 3.05) is 14.2 Å². The molecule has 0 spiro atoms. The molecule has 17 heavy (non-hydrogen) atoms. The molecule has 0 atom stereocenters. The predicted molar refractivity (Wildman–Crippen MR) is 73.7 cm³/mol. The second-order valence-electron chi connectivity index (χ2n) is 2.87. The molecule has 0 saturated carbocycles. The number of nitrogen functional groups attached to an aromatic ring is 1. The number of rotatable bonds is 5. The van der Waals surface area contributed by atoms with Crippen LogP contribution in [0.5, 0.6) is 5.75 Å². The summed E-state index contributed by atoms with van der Waals surface area (Å²) in [6, 6.07) is 5.45. The topological polar surface area (TPSA) is 68.3 Å². The van der Waals surface area contributed by atoms with E-state index >= 15 is 0 Å². The minimum Gasteiger partial charge on any atom is -0.496 e. The van der Waals surface area contributed by atoms with E-state index in [-0.39, 0.29) is 5.84 Å². The lowest BCUT2D eigenvalue weighted by Crippen LogP contribution is -2.11. The Morgan fingerprint density at radius 2 is 2.00 bits per heavy atom. The number of benzene rings is 1. The molecule has 1 aromatic carbocycles. The lowest BCUT2D eigenvalue weighted by Gasteiger charge is -2.09. The second kappa shape index (κ2) is 8.90. The average Bonchev–Trinajstić information content (AvgIpc) is 2.38. The third kappa shape index (κ3) is 5.10. The summed E-state index contributed by atoms with van der Waals surface area (Å²) in [6.45, 7) is 4.00. The summed E-state index contributed by atoms with van der Waals surface area (Å²) in [4.78, 5) is 0. The van der Waals surface area contributed by atoms with Gasteiger partial charge in [-0.2, -0.15) is 0 Å². The molecule has 0 aliphatic carbocycles. The Morgan fingerprint density at radius 1 is 1.35 bits per heavy atom. The van der Waals surface area contributed by atoms with Gasteiger partial charge in [-0.15, -0.1) is 0 Å². The molecule has 0 aliphatic heterocycles. The fourth-order valence-electron chi connectivity index (χ4n) is 1.15. The highest BCUT2D eigenvalue weighted by Crippen LogP contribution is 2.24. The zero-order chi connectivity index (χ0) is 13.3. The first-order chi connectivity index (χ1) is 8.19. The number of ether oxygens (including phenoxy) is 1. The fraction of sp³-hybridized carbons (Fsp3) is 0.417. The van der Waals surface area contributed by atoms with Crippen molar-refractivity contribution in [3.05, 3.63) is 29.3 Å². The van der Waals surface area contributed by atoms with Crippen molar-refractivity contribution >= 4 is 17.9 Å². The van der Waals surface area contributed by atoms with Gasteiger partial charge in [0.15, 0.2) is 0 Å². The molecule has 0 unspecified atom stereocenters. The molecule has 0 aromatic heterocycles. The molecule has 1 rings (SSSR count). The summed E-state index contributed by atoms with van der Waals surface area (Å²) < 4.78 is 10.1. The Balaban J connectivity index is 0.00000121. The van der Waals surface area contributed by atoms with Gasteiger partial charge in [-0.3, -0.25) is 5.41 Å². The van der Waals surface area contributed by atoms with Gasteiger partial charge in [0.1, 0.15) is 11.6 Å². The van der Waals surface area contributed by atoms with Crippen molar-refractivity contribution in [1.29, 1.82) is 5.41 Å². The van der Waals surface area contributed by atoms with Crippen LogP contribution in [0.2, 0.25) is 0 Å². The maximum absolute atomic E-state index is 7.31. The molecule has 0 saturated heterocycles. The quantitative estimate of drug-likeness (QED) is 0.483. The number of nitrogens with one attached hydrogen (secondary N) is 1. The molecule has 0 aliphatic rings. The van der Waals surface area contributed by atoms with Gasteiger partial charge in [0.05, 0.1) is 14.2 Å². The molecule has 0 bridgehead atoms. The van der Waals surface area contributed by atoms with Crippen molar-refractivity contribution in [2.45, 2.75) is 19.6 Å². The highest BCUT2D eigenvalue weighted by molar-refractivity contribution is 7.93. The summed E-state index contributed by atoms with van der Waals surface area (Å²) >= 11 is 1.34. The second-order valence-corrected chi connectivity index (χ2v) is 3.73. The standard InChI is InChI=1S/C10H14N2O2S.C2H6/c1-13-9-5-7(10(11)12)3-4-8(9)6-15-14-2;1-2/h3-5H,6H2,1-2H3,(H3,11,12);1-2H3.